The Morgan fingerprint density at radius 1 is 1.11 bits per heavy atom. The van der Waals surface area contributed by atoms with Crippen LogP contribution in [0.3, 0.4) is 0 Å². The van der Waals surface area contributed by atoms with Gasteiger partial charge in [0, 0.05) is 5.71 Å². The molecule has 0 aliphatic heterocycles. The second-order valence-corrected chi connectivity index (χ2v) is 6.79. The van der Waals surface area contributed by atoms with E-state index in [1.54, 1.807) is 6.21 Å². The molecule has 2 aliphatic carbocycles. The van der Waals surface area contributed by atoms with Gasteiger partial charge in [0.05, 0.1) is 0 Å². The molecule has 0 heterocycles. The Morgan fingerprint density at radius 2 is 1.83 bits per heavy atom. The third-order valence-electron chi connectivity index (χ3n) is 5.33. The Kier molecular flexibility index (Phi) is 4.58. The minimum absolute atomic E-state index is 0.527. The van der Waals surface area contributed by atoms with Crippen molar-refractivity contribution < 1.29 is 0 Å². The van der Waals surface area contributed by atoms with Gasteiger partial charge in [-0.25, -0.2) is 0 Å². The molecule has 0 amide bonds. The van der Waals surface area contributed by atoms with Gasteiger partial charge in [-0.05, 0) is 80.7 Å². The molecule has 2 fully saturated rings. The van der Waals surface area contributed by atoms with E-state index in [9.17, 15) is 0 Å². The smallest absolute Gasteiger partial charge is 0.0117 e. The maximum atomic E-state index is 7.86. The molecule has 5 atom stereocenters. The first-order valence-corrected chi connectivity index (χ1v) is 7.68. The van der Waals surface area contributed by atoms with Crippen molar-refractivity contribution in [2.75, 3.05) is 0 Å². The van der Waals surface area contributed by atoms with E-state index in [-0.39, 0.29) is 0 Å². The van der Waals surface area contributed by atoms with Crippen LogP contribution in [0.15, 0.2) is 0 Å². The summed E-state index contributed by atoms with van der Waals surface area (Å²) in [4.78, 5) is 0. The summed E-state index contributed by atoms with van der Waals surface area (Å²) in [6, 6.07) is 0. The van der Waals surface area contributed by atoms with Crippen molar-refractivity contribution in [3.8, 4) is 0 Å². The molecule has 0 saturated heterocycles. The molecule has 2 saturated carbocycles. The molecular weight excluding hydrogens is 220 g/mol. The van der Waals surface area contributed by atoms with Gasteiger partial charge in [0.25, 0.3) is 0 Å². The van der Waals surface area contributed by atoms with Gasteiger partial charge in [-0.15, -0.1) is 0 Å². The summed E-state index contributed by atoms with van der Waals surface area (Å²) in [6.07, 6.45) is 10.5. The van der Waals surface area contributed by atoms with Gasteiger partial charge in [0.15, 0.2) is 0 Å². The number of hydrogen-bond acceptors (Lipinski definition) is 2. The summed E-state index contributed by atoms with van der Waals surface area (Å²) < 4.78 is 0. The van der Waals surface area contributed by atoms with E-state index in [1.807, 2.05) is 0 Å². The molecule has 18 heavy (non-hydrogen) atoms. The minimum atomic E-state index is 0.527. The number of hydrogen-bond donors (Lipinski definition) is 2. The van der Waals surface area contributed by atoms with E-state index in [2.05, 4.69) is 13.8 Å². The summed E-state index contributed by atoms with van der Waals surface area (Å²) in [7, 11) is 0. The van der Waals surface area contributed by atoms with Crippen LogP contribution in [0.1, 0.15) is 58.8 Å². The first-order chi connectivity index (χ1) is 8.60. The molecule has 2 nitrogen and oxygen atoms in total. The summed E-state index contributed by atoms with van der Waals surface area (Å²) in [6.45, 7) is 4.55. The molecule has 0 aromatic rings. The van der Waals surface area contributed by atoms with Gasteiger partial charge in [-0.3, -0.25) is 0 Å². The van der Waals surface area contributed by atoms with Crippen LogP contribution >= 0.6 is 0 Å². The molecule has 2 rings (SSSR count). The van der Waals surface area contributed by atoms with E-state index in [4.69, 9.17) is 10.8 Å². The molecule has 2 heteroatoms. The normalized spacial score (nSPS) is 41.7. The molecule has 0 aromatic carbocycles. The van der Waals surface area contributed by atoms with Crippen molar-refractivity contribution in [3.63, 3.8) is 0 Å². The van der Waals surface area contributed by atoms with Gasteiger partial charge in [-0.1, -0.05) is 13.8 Å². The van der Waals surface area contributed by atoms with Crippen LogP contribution in [0, 0.1) is 40.4 Å². The van der Waals surface area contributed by atoms with Crippen molar-refractivity contribution in [3.05, 3.63) is 0 Å². The Morgan fingerprint density at radius 3 is 2.44 bits per heavy atom. The molecule has 3 unspecified atom stereocenters. The highest BCUT2D eigenvalue weighted by Crippen LogP contribution is 2.39. The maximum absolute atomic E-state index is 7.86. The summed E-state index contributed by atoms with van der Waals surface area (Å²) in [5.74, 6) is 3.53. The monoisotopic (exact) mass is 248 g/mol. The van der Waals surface area contributed by atoms with Gasteiger partial charge in [0.1, 0.15) is 0 Å². The molecule has 0 bridgehead atoms. The van der Waals surface area contributed by atoms with Crippen LogP contribution < -0.4 is 0 Å². The van der Waals surface area contributed by atoms with E-state index >= 15 is 0 Å². The van der Waals surface area contributed by atoms with Crippen LogP contribution in [0.25, 0.3) is 0 Å². The molecule has 102 valence electrons. The van der Waals surface area contributed by atoms with Crippen LogP contribution in [0.5, 0.6) is 0 Å². The lowest BCUT2D eigenvalue weighted by atomic mass is 9.70. The Bertz CT molecular complexity index is 310. The van der Waals surface area contributed by atoms with Crippen molar-refractivity contribution in [2.24, 2.45) is 29.6 Å². The fourth-order valence-corrected chi connectivity index (χ4v) is 4.04. The third-order valence-corrected chi connectivity index (χ3v) is 5.33. The van der Waals surface area contributed by atoms with Gasteiger partial charge in [-0.2, -0.15) is 0 Å². The SMILES string of the molecule is CC1C[C@H](C[C@H]2CCC(C=N)C(C)C2)CCC1=N. The molecular formula is C16H28N2. The molecule has 0 radical (unpaired) electrons. The standard InChI is InChI=1S/C16H28N2/c1-11-7-13(3-5-15(11)10-17)9-14-4-6-16(18)12(2)8-14/h10-15,17-18H,3-9H2,1-2H3/t11?,12?,13-,14+,15?/m0/s1. The maximum Gasteiger partial charge on any atom is 0.0117 e. The van der Waals surface area contributed by atoms with Crippen molar-refractivity contribution in [2.45, 2.75) is 58.8 Å². The van der Waals surface area contributed by atoms with Crippen LogP contribution in [-0.2, 0) is 0 Å². The van der Waals surface area contributed by atoms with Gasteiger partial charge < -0.3 is 10.8 Å². The Hall–Kier alpha value is -0.660. The summed E-state index contributed by atoms with van der Waals surface area (Å²) >= 11 is 0. The fraction of sp³-hybridized carbons (Fsp3) is 0.875. The first-order valence-electron chi connectivity index (χ1n) is 7.68. The zero-order valence-electron chi connectivity index (χ0n) is 11.9. The minimum Gasteiger partial charge on any atom is -0.313 e. The number of nitrogens with one attached hydrogen (secondary N) is 2. The topological polar surface area (TPSA) is 47.7 Å². The first kappa shape index (κ1) is 13.8. The van der Waals surface area contributed by atoms with Crippen LogP contribution in [0.2, 0.25) is 0 Å². The van der Waals surface area contributed by atoms with Gasteiger partial charge in [0.2, 0.25) is 0 Å². The third kappa shape index (κ3) is 3.21. The largest absolute Gasteiger partial charge is 0.313 e. The lowest BCUT2D eigenvalue weighted by Crippen LogP contribution is -2.28. The van der Waals surface area contributed by atoms with Crippen molar-refractivity contribution in [1.82, 2.24) is 0 Å². The zero-order valence-corrected chi connectivity index (χ0v) is 11.9. The average molecular weight is 248 g/mol. The second-order valence-electron chi connectivity index (χ2n) is 6.79. The second kappa shape index (κ2) is 5.99. The highest BCUT2D eigenvalue weighted by Gasteiger charge is 2.30. The van der Waals surface area contributed by atoms with Crippen molar-refractivity contribution >= 4 is 11.9 Å². The van der Waals surface area contributed by atoms with E-state index < -0.39 is 0 Å². The molecule has 2 N–H and O–H groups in total. The van der Waals surface area contributed by atoms with E-state index in [0.717, 1.165) is 24.0 Å². The summed E-state index contributed by atoms with van der Waals surface area (Å²) in [5.41, 5.74) is 0.979. The Labute approximate surface area is 112 Å². The number of rotatable bonds is 3. The van der Waals surface area contributed by atoms with Crippen LogP contribution in [-0.4, -0.2) is 11.9 Å². The van der Waals surface area contributed by atoms with Gasteiger partial charge >= 0.3 is 0 Å². The molecule has 0 aromatic heterocycles. The highest BCUT2D eigenvalue weighted by molar-refractivity contribution is 5.84. The van der Waals surface area contributed by atoms with Crippen LogP contribution in [0.4, 0.5) is 0 Å². The van der Waals surface area contributed by atoms with Crippen molar-refractivity contribution in [1.29, 1.82) is 10.8 Å². The summed E-state index contributed by atoms with van der Waals surface area (Å²) in [5, 5.41) is 15.3. The predicted molar refractivity (Wildman–Crippen MR) is 77.6 cm³/mol. The highest BCUT2D eigenvalue weighted by atomic mass is 14.5. The fourth-order valence-electron chi connectivity index (χ4n) is 4.04. The molecule has 0 spiro atoms. The molecule has 2 aliphatic rings. The van der Waals surface area contributed by atoms with E-state index in [0.29, 0.717) is 17.8 Å². The average Bonchev–Trinajstić information content (AvgIpc) is 2.34. The Balaban J connectivity index is 1.80. The van der Waals surface area contributed by atoms with E-state index in [1.165, 1.54) is 38.5 Å². The zero-order chi connectivity index (χ0) is 13.1. The lowest BCUT2D eigenvalue weighted by Gasteiger charge is -2.36. The predicted octanol–water partition coefficient (Wildman–Crippen LogP) is 4.53. The quantitative estimate of drug-likeness (QED) is 0.689. The lowest BCUT2D eigenvalue weighted by molar-refractivity contribution is 0.195.